The zero-order chi connectivity index (χ0) is 9.80. The monoisotopic (exact) mass is 214 g/mol. The van der Waals surface area contributed by atoms with Crippen molar-refractivity contribution >= 4 is 17.7 Å². The Hall–Kier alpha value is -0.220. The van der Waals surface area contributed by atoms with E-state index < -0.39 is 0 Å². The number of carbonyl (C=O) groups excluding carboxylic acids is 1. The summed E-state index contributed by atoms with van der Waals surface area (Å²) in [5.74, 6) is 2.20. The third-order valence-electron chi connectivity index (χ3n) is 2.98. The fourth-order valence-corrected chi connectivity index (χ4v) is 3.03. The second-order valence-corrected chi connectivity index (χ2v) is 5.08. The smallest absolute Gasteiger partial charge is 0.232 e. The number of amides is 1. The average molecular weight is 214 g/mol. The fraction of sp³-hybridized carbons (Fsp3) is 0.900. The van der Waals surface area contributed by atoms with Crippen LogP contribution >= 0.6 is 11.8 Å². The van der Waals surface area contributed by atoms with E-state index in [1.165, 1.54) is 6.42 Å². The van der Waals surface area contributed by atoms with Gasteiger partial charge >= 0.3 is 0 Å². The fourth-order valence-electron chi connectivity index (χ4n) is 2.21. The number of hydrogen-bond acceptors (Lipinski definition) is 3. The molecule has 1 N–H and O–H groups in total. The summed E-state index contributed by atoms with van der Waals surface area (Å²) >= 11 is 1.78. The number of thioether (sulfide) groups is 1. The summed E-state index contributed by atoms with van der Waals surface area (Å²) in [4.78, 5) is 13.9. The van der Waals surface area contributed by atoms with Gasteiger partial charge in [-0.2, -0.15) is 11.8 Å². The van der Waals surface area contributed by atoms with Gasteiger partial charge in [0.05, 0.1) is 5.75 Å². The molecule has 0 aromatic carbocycles. The predicted octanol–water partition coefficient (Wildman–Crippen LogP) is 0.704. The molecule has 0 atom stereocenters. The van der Waals surface area contributed by atoms with E-state index in [0.717, 1.165) is 38.2 Å². The Morgan fingerprint density at radius 3 is 2.93 bits per heavy atom. The quantitative estimate of drug-likeness (QED) is 0.697. The van der Waals surface area contributed by atoms with Crippen molar-refractivity contribution in [3.8, 4) is 0 Å². The summed E-state index contributed by atoms with van der Waals surface area (Å²) in [6, 6.07) is 0.516. The lowest BCUT2D eigenvalue weighted by molar-refractivity contribution is -0.131. The van der Waals surface area contributed by atoms with E-state index in [1.54, 1.807) is 11.8 Å². The summed E-state index contributed by atoms with van der Waals surface area (Å²) in [5.41, 5.74) is 0. The molecule has 0 radical (unpaired) electrons. The lowest BCUT2D eigenvalue weighted by Gasteiger charge is -2.33. The molecule has 3 nitrogen and oxygen atoms in total. The molecule has 0 unspecified atom stereocenters. The first-order valence-electron chi connectivity index (χ1n) is 5.46. The minimum absolute atomic E-state index is 0.361. The van der Waals surface area contributed by atoms with Crippen molar-refractivity contribution in [3.05, 3.63) is 0 Å². The molecule has 2 saturated heterocycles. The molecule has 2 fully saturated rings. The van der Waals surface area contributed by atoms with Gasteiger partial charge in [-0.05, 0) is 38.1 Å². The van der Waals surface area contributed by atoms with Crippen LogP contribution in [0.25, 0.3) is 0 Å². The topological polar surface area (TPSA) is 32.3 Å². The van der Waals surface area contributed by atoms with Crippen molar-refractivity contribution in [3.63, 3.8) is 0 Å². The highest BCUT2D eigenvalue weighted by Crippen LogP contribution is 2.18. The number of nitrogens with zero attached hydrogens (tertiary/aromatic N) is 1. The van der Waals surface area contributed by atoms with Gasteiger partial charge in [0, 0.05) is 12.6 Å². The Balaban J connectivity index is 1.95. The van der Waals surface area contributed by atoms with E-state index >= 15 is 0 Å². The molecule has 1 amide bonds. The van der Waals surface area contributed by atoms with Crippen LogP contribution in [0.15, 0.2) is 0 Å². The van der Waals surface area contributed by atoms with Gasteiger partial charge in [-0.15, -0.1) is 0 Å². The van der Waals surface area contributed by atoms with E-state index in [1.807, 2.05) is 0 Å². The number of piperidine rings is 1. The molecule has 0 aliphatic carbocycles. The first kappa shape index (κ1) is 10.3. The zero-order valence-corrected chi connectivity index (χ0v) is 9.31. The molecule has 2 rings (SSSR count). The summed E-state index contributed by atoms with van der Waals surface area (Å²) < 4.78 is 0. The molecular weight excluding hydrogens is 196 g/mol. The van der Waals surface area contributed by atoms with Crippen LogP contribution in [0.2, 0.25) is 0 Å². The van der Waals surface area contributed by atoms with E-state index in [0.29, 0.717) is 17.7 Å². The Labute approximate surface area is 89.6 Å². The molecular formula is C10H18N2OS. The van der Waals surface area contributed by atoms with Crippen LogP contribution in [-0.2, 0) is 4.79 Å². The highest BCUT2D eigenvalue weighted by Gasteiger charge is 2.25. The number of carbonyl (C=O) groups is 1. The van der Waals surface area contributed by atoms with Gasteiger partial charge < -0.3 is 10.2 Å². The third-order valence-corrected chi connectivity index (χ3v) is 4.01. The summed E-state index contributed by atoms with van der Waals surface area (Å²) in [7, 11) is 0. The number of nitrogens with one attached hydrogen (secondary N) is 1. The van der Waals surface area contributed by atoms with Gasteiger partial charge in [0.1, 0.15) is 0 Å². The largest absolute Gasteiger partial charge is 0.339 e. The van der Waals surface area contributed by atoms with Crippen LogP contribution in [0.3, 0.4) is 0 Å². The van der Waals surface area contributed by atoms with Crippen molar-refractivity contribution in [2.24, 2.45) is 0 Å². The maximum atomic E-state index is 11.8. The lowest BCUT2D eigenvalue weighted by atomic mass is 10.0. The highest BCUT2D eigenvalue weighted by molar-refractivity contribution is 7.99. The standard InChI is InChI=1S/C10H18N2OS/c13-10-8-14-7-1-6-12(10)9-2-4-11-5-3-9/h9,11H,1-8H2. The van der Waals surface area contributed by atoms with E-state index in [-0.39, 0.29) is 0 Å². The molecule has 0 aromatic rings. The van der Waals surface area contributed by atoms with Gasteiger partial charge in [0.25, 0.3) is 0 Å². The Morgan fingerprint density at radius 2 is 2.14 bits per heavy atom. The van der Waals surface area contributed by atoms with Crippen molar-refractivity contribution < 1.29 is 4.79 Å². The molecule has 0 saturated carbocycles. The predicted molar refractivity (Wildman–Crippen MR) is 59.5 cm³/mol. The Morgan fingerprint density at radius 1 is 1.36 bits per heavy atom. The highest BCUT2D eigenvalue weighted by atomic mass is 32.2. The Kier molecular flexibility index (Phi) is 3.70. The van der Waals surface area contributed by atoms with Crippen molar-refractivity contribution in [1.29, 1.82) is 0 Å². The number of rotatable bonds is 1. The summed E-state index contributed by atoms with van der Waals surface area (Å²) in [6.45, 7) is 3.12. The van der Waals surface area contributed by atoms with Gasteiger partial charge in [-0.25, -0.2) is 0 Å². The molecule has 2 aliphatic rings. The van der Waals surface area contributed by atoms with E-state index in [2.05, 4.69) is 10.2 Å². The molecule has 0 spiro atoms. The van der Waals surface area contributed by atoms with E-state index in [4.69, 9.17) is 0 Å². The molecule has 80 valence electrons. The molecule has 4 heteroatoms. The van der Waals surface area contributed by atoms with Crippen molar-refractivity contribution in [1.82, 2.24) is 10.2 Å². The molecule has 2 heterocycles. The van der Waals surface area contributed by atoms with Crippen LogP contribution in [-0.4, -0.2) is 48.0 Å². The lowest BCUT2D eigenvalue weighted by Crippen LogP contribution is -2.46. The van der Waals surface area contributed by atoms with Gasteiger partial charge in [0.2, 0.25) is 5.91 Å². The van der Waals surface area contributed by atoms with Gasteiger partial charge in [-0.3, -0.25) is 4.79 Å². The minimum Gasteiger partial charge on any atom is -0.339 e. The van der Waals surface area contributed by atoms with Crippen LogP contribution < -0.4 is 5.32 Å². The maximum Gasteiger partial charge on any atom is 0.232 e. The number of hydrogen-bond donors (Lipinski definition) is 1. The normalized spacial score (nSPS) is 26.3. The summed E-state index contributed by atoms with van der Waals surface area (Å²) in [6.07, 6.45) is 3.44. The second-order valence-electron chi connectivity index (χ2n) is 3.97. The molecule has 0 aromatic heterocycles. The van der Waals surface area contributed by atoms with Gasteiger partial charge in [-0.1, -0.05) is 0 Å². The SMILES string of the molecule is O=C1CSCCCN1C1CCNCC1. The zero-order valence-electron chi connectivity index (χ0n) is 8.50. The van der Waals surface area contributed by atoms with Crippen LogP contribution in [0, 0.1) is 0 Å². The van der Waals surface area contributed by atoms with E-state index in [9.17, 15) is 4.79 Å². The van der Waals surface area contributed by atoms with Crippen LogP contribution in [0.1, 0.15) is 19.3 Å². The van der Waals surface area contributed by atoms with Crippen LogP contribution in [0.4, 0.5) is 0 Å². The molecule has 14 heavy (non-hydrogen) atoms. The minimum atomic E-state index is 0.361. The Bertz CT molecular complexity index is 204. The first-order valence-corrected chi connectivity index (χ1v) is 6.61. The first-order chi connectivity index (χ1) is 6.88. The van der Waals surface area contributed by atoms with Crippen molar-refractivity contribution in [2.45, 2.75) is 25.3 Å². The second kappa shape index (κ2) is 5.03. The summed E-state index contributed by atoms with van der Waals surface area (Å²) in [5, 5.41) is 3.34. The average Bonchev–Trinajstić information content (AvgIpc) is 2.44. The molecule has 0 bridgehead atoms. The molecule has 2 aliphatic heterocycles. The van der Waals surface area contributed by atoms with Crippen LogP contribution in [0.5, 0.6) is 0 Å². The van der Waals surface area contributed by atoms with Crippen molar-refractivity contribution in [2.75, 3.05) is 31.1 Å². The van der Waals surface area contributed by atoms with Gasteiger partial charge in [0.15, 0.2) is 0 Å². The maximum absolute atomic E-state index is 11.8. The third kappa shape index (κ3) is 2.42.